The van der Waals surface area contributed by atoms with Gasteiger partial charge in [0.2, 0.25) is 16.8 Å². The largest absolute Gasteiger partial charge is 0.454 e. The lowest BCUT2D eigenvalue weighted by Gasteiger charge is -2.11. The minimum Gasteiger partial charge on any atom is -0.454 e. The van der Waals surface area contributed by atoms with Crippen molar-refractivity contribution >= 4 is 38.9 Å². The van der Waals surface area contributed by atoms with Gasteiger partial charge in [-0.05, 0) is 29.8 Å². The molecule has 4 rings (SSSR count). The monoisotopic (exact) mass is 392 g/mol. The SMILES string of the molecule is Cl.Nc1cccc2c(S(=O)(=O)NCc3ccc4c(c3)OCO4)cccc12. The Hall–Kier alpha value is -2.48. The summed E-state index contributed by atoms with van der Waals surface area (Å²) in [4.78, 5) is 0.207. The molecule has 0 fully saturated rings. The Balaban J connectivity index is 0.00000196. The van der Waals surface area contributed by atoms with Crippen LogP contribution in [0.1, 0.15) is 5.56 Å². The molecule has 0 saturated carbocycles. The molecule has 26 heavy (non-hydrogen) atoms. The van der Waals surface area contributed by atoms with Crippen LogP contribution in [-0.2, 0) is 16.6 Å². The molecule has 0 unspecified atom stereocenters. The highest BCUT2D eigenvalue weighted by molar-refractivity contribution is 7.89. The summed E-state index contributed by atoms with van der Waals surface area (Å²) in [6.07, 6.45) is 0. The van der Waals surface area contributed by atoms with Gasteiger partial charge in [0, 0.05) is 23.0 Å². The van der Waals surface area contributed by atoms with Crippen LogP contribution in [0.2, 0.25) is 0 Å². The molecule has 1 heterocycles. The zero-order valence-electron chi connectivity index (χ0n) is 13.6. The molecule has 0 aliphatic carbocycles. The van der Waals surface area contributed by atoms with Crippen LogP contribution in [-0.4, -0.2) is 15.2 Å². The van der Waals surface area contributed by atoms with E-state index in [1.165, 1.54) is 0 Å². The van der Waals surface area contributed by atoms with Crippen molar-refractivity contribution in [3.05, 3.63) is 60.2 Å². The Morgan fingerprint density at radius 2 is 1.69 bits per heavy atom. The Morgan fingerprint density at radius 3 is 2.54 bits per heavy atom. The van der Waals surface area contributed by atoms with E-state index in [-0.39, 0.29) is 30.6 Å². The second-order valence-electron chi connectivity index (χ2n) is 5.71. The first-order valence-electron chi connectivity index (χ1n) is 7.70. The summed E-state index contributed by atoms with van der Waals surface area (Å²) in [5.74, 6) is 1.28. The summed E-state index contributed by atoms with van der Waals surface area (Å²) < 4.78 is 38.7. The molecule has 136 valence electrons. The molecule has 8 heteroatoms. The molecule has 1 aliphatic heterocycles. The lowest BCUT2D eigenvalue weighted by atomic mass is 10.1. The third-order valence-corrected chi connectivity index (χ3v) is 5.57. The molecular weight excluding hydrogens is 376 g/mol. The van der Waals surface area contributed by atoms with Gasteiger partial charge in [-0.3, -0.25) is 0 Å². The minimum absolute atomic E-state index is 0. The number of rotatable bonds is 4. The number of benzene rings is 3. The second kappa shape index (κ2) is 7.03. The minimum atomic E-state index is -3.69. The number of halogens is 1. The lowest BCUT2D eigenvalue weighted by molar-refractivity contribution is 0.174. The van der Waals surface area contributed by atoms with Gasteiger partial charge in [-0.1, -0.05) is 30.3 Å². The predicted molar refractivity (Wildman–Crippen MR) is 102 cm³/mol. The summed E-state index contributed by atoms with van der Waals surface area (Å²) in [5.41, 5.74) is 7.28. The molecule has 6 nitrogen and oxygen atoms in total. The second-order valence-corrected chi connectivity index (χ2v) is 7.45. The van der Waals surface area contributed by atoms with E-state index in [2.05, 4.69) is 4.72 Å². The smallest absolute Gasteiger partial charge is 0.241 e. The van der Waals surface area contributed by atoms with E-state index in [1.807, 2.05) is 6.07 Å². The van der Waals surface area contributed by atoms with Crippen LogP contribution in [0.3, 0.4) is 0 Å². The number of hydrogen-bond acceptors (Lipinski definition) is 5. The lowest BCUT2D eigenvalue weighted by Crippen LogP contribution is -2.23. The first kappa shape index (κ1) is 18.3. The fraction of sp³-hybridized carbons (Fsp3) is 0.111. The summed E-state index contributed by atoms with van der Waals surface area (Å²) in [7, 11) is -3.69. The topological polar surface area (TPSA) is 90.7 Å². The van der Waals surface area contributed by atoms with E-state index < -0.39 is 10.0 Å². The summed E-state index contributed by atoms with van der Waals surface area (Å²) in [5, 5.41) is 1.31. The Labute approximate surface area is 157 Å². The van der Waals surface area contributed by atoms with E-state index in [1.54, 1.807) is 48.5 Å². The molecule has 0 radical (unpaired) electrons. The Kier molecular flexibility index (Phi) is 4.95. The molecule has 0 saturated heterocycles. The number of anilines is 1. The number of nitrogen functional groups attached to an aromatic ring is 1. The molecule has 1 aliphatic rings. The standard InChI is InChI=1S/C18H16N2O4S.ClH/c19-15-5-1-4-14-13(15)3-2-6-18(14)25(21,22)20-10-12-7-8-16-17(9-12)24-11-23-16;/h1-9,20H,10-11,19H2;1H. The van der Waals surface area contributed by atoms with Crippen molar-refractivity contribution in [2.45, 2.75) is 11.4 Å². The van der Waals surface area contributed by atoms with Crippen molar-refractivity contribution in [3.63, 3.8) is 0 Å². The zero-order valence-corrected chi connectivity index (χ0v) is 15.3. The molecule has 3 aromatic rings. The van der Waals surface area contributed by atoms with Gasteiger partial charge in [-0.15, -0.1) is 12.4 Å². The van der Waals surface area contributed by atoms with Crippen LogP contribution in [0.25, 0.3) is 10.8 Å². The molecule has 0 aromatic heterocycles. The van der Waals surface area contributed by atoms with Crippen molar-refractivity contribution in [2.24, 2.45) is 0 Å². The average molecular weight is 393 g/mol. The highest BCUT2D eigenvalue weighted by atomic mass is 35.5. The fourth-order valence-electron chi connectivity index (χ4n) is 2.85. The van der Waals surface area contributed by atoms with Gasteiger partial charge in [0.25, 0.3) is 0 Å². The molecular formula is C18H17ClN2O4S. The normalized spacial score (nSPS) is 12.8. The maximum absolute atomic E-state index is 12.8. The van der Waals surface area contributed by atoms with Crippen molar-refractivity contribution < 1.29 is 17.9 Å². The maximum atomic E-state index is 12.8. The van der Waals surface area contributed by atoms with Gasteiger partial charge < -0.3 is 15.2 Å². The van der Waals surface area contributed by atoms with E-state index in [9.17, 15) is 8.42 Å². The van der Waals surface area contributed by atoms with Gasteiger partial charge in [-0.25, -0.2) is 13.1 Å². The van der Waals surface area contributed by atoms with Gasteiger partial charge in [0.05, 0.1) is 4.90 Å². The van der Waals surface area contributed by atoms with Gasteiger partial charge in [0.1, 0.15) is 0 Å². The molecule has 3 N–H and O–H groups in total. The summed E-state index contributed by atoms with van der Waals surface area (Å²) in [6, 6.07) is 15.7. The Bertz CT molecular complexity index is 1070. The molecule has 0 bridgehead atoms. The van der Waals surface area contributed by atoms with Crippen LogP contribution in [0.4, 0.5) is 5.69 Å². The molecule has 0 amide bonds. The number of ether oxygens (including phenoxy) is 2. The number of fused-ring (bicyclic) bond motifs is 2. The molecule has 3 aromatic carbocycles. The maximum Gasteiger partial charge on any atom is 0.241 e. The third kappa shape index (κ3) is 3.29. The molecule has 0 spiro atoms. The highest BCUT2D eigenvalue weighted by Crippen LogP contribution is 2.32. The van der Waals surface area contributed by atoms with Crippen molar-refractivity contribution in [3.8, 4) is 11.5 Å². The number of sulfonamides is 1. The van der Waals surface area contributed by atoms with E-state index in [0.29, 0.717) is 28.0 Å². The van der Waals surface area contributed by atoms with E-state index >= 15 is 0 Å². The number of nitrogens with one attached hydrogen (secondary N) is 1. The number of nitrogens with two attached hydrogens (primary N) is 1. The average Bonchev–Trinajstić information content (AvgIpc) is 3.08. The number of hydrogen-bond donors (Lipinski definition) is 2. The van der Waals surface area contributed by atoms with Crippen molar-refractivity contribution in [1.82, 2.24) is 4.72 Å². The van der Waals surface area contributed by atoms with Crippen molar-refractivity contribution in [1.29, 1.82) is 0 Å². The summed E-state index contributed by atoms with van der Waals surface area (Å²) >= 11 is 0. The van der Waals surface area contributed by atoms with Crippen molar-refractivity contribution in [2.75, 3.05) is 12.5 Å². The Morgan fingerprint density at radius 1 is 0.962 bits per heavy atom. The van der Waals surface area contributed by atoms with Gasteiger partial charge in [0.15, 0.2) is 11.5 Å². The van der Waals surface area contributed by atoms with E-state index in [4.69, 9.17) is 15.2 Å². The summed E-state index contributed by atoms with van der Waals surface area (Å²) in [6.45, 7) is 0.333. The molecule has 0 atom stereocenters. The van der Waals surface area contributed by atoms with Crippen LogP contribution < -0.4 is 19.9 Å². The van der Waals surface area contributed by atoms with Crippen LogP contribution >= 0.6 is 12.4 Å². The quantitative estimate of drug-likeness (QED) is 0.666. The third-order valence-electron chi connectivity index (χ3n) is 4.11. The van der Waals surface area contributed by atoms with Crippen LogP contribution in [0, 0.1) is 0 Å². The fourth-order valence-corrected chi connectivity index (χ4v) is 4.08. The van der Waals surface area contributed by atoms with Gasteiger partial charge >= 0.3 is 0 Å². The van der Waals surface area contributed by atoms with Crippen LogP contribution in [0.5, 0.6) is 11.5 Å². The van der Waals surface area contributed by atoms with Crippen LogP contribution in [0.15, 0.2) is 59.5 Å². The first-order valence-corrected chi connectivity index (χ1v) is 9.18. The van der Waals surface area contributed by atoms with E-state index in [0.717, 1.165) is 5.56 Å². The first-order chi connectivity index (χ1) is 12.0. The predicted octanol–water partition coefficient (Wildman–Crippen LogP) is 3.05. The zero-order chi connectivity index (χ0) is 17.4. The highest BCUT2D eigenvalue weighted by Gasteiger charge is 2.19. The van der Waals surface area contributed by atoms with Gasteiger partial charge in [-0.2, -0.15) is 0 Å².